The average Bonchev–Trinajstić information content (AvgIpc) is 2.70. The number of hydrogen-bond acceptors (Lipinski definition) is 2. The molecule has 0 amide bonds. The van der Waals surface area contributed by atoms with Gasteiger partial charge in [0.2, 0.25) is 0 Å². The molecule has 3 rings (SSSR count). The summed E-state index contributed by atoms with van der Waals surface area (Å²) >= 11 is 0. The fourth-order valence-corrected chi connectivity index (χ4v) is 6.28. The van der Waals surface area contributed by atoms with Crippen molar-refractivity contribution in [3.8, 4) is 0 Å². The first-order valence-electron chi connectivity index (χ1n) is 7.22. The van der Waals surface area contributed by atoms with E-state index in [0.29, 0.717) is 23.7 Å². The van der Waals surface area contributed by atoms with Crippen molar-refractivity contribution in [2.45, 2.75) is 25.2 Å². The number of rotatable bonds is 3. The Morgan fingerprint density at radius 3 is 2.24 bits per heavy atom. The normalized spacial score (nSPS) is 25.3. The van der Waals surface area contributed by atoms with Crippen molar-refractivity contribution in [3.05, 3.63) is 77.5 Å². The van der Waals surface area contributed by atoms with Crippen LogP contribution < -0.4 is 0 Å². The number of aliphatic hydroxyl groups is 1. The molecule has 0 bridgehead atoms. The molecule has 0 unspecified atom stereocenters. The van der Waals surface area contributed by atoms with Gasteiger partial charge in [-0.1, -0.05) is 67.6 Å². The molecule has 1 N–H and O–H groups in total. The number of hydrogen-bond donors (Lipinski definition) is 1. The fraction of sp³-hybridized carbons (Fsp3) is 0.222. The SMILES string of the molecule is C[C@@H]1CC(O)=C(c2ccccc2)[P@@]1(=O)Cc1ccccc1. The third-order valence-corrected chi connectivity index (χ3v) is 7.87. The first kappa shape index (κ1) is 14.2. The maximum atomic E-state index is 13.6. The van der Waals surface area contributed by atoms with E-state index < -0.39 is 7.14 Å². The Labute approximate surface area is 125 Å². The van der Waals surface area contributed by atoms with Gasteiger partial charge in [0.15, 0.2) is 0 Å². The summed E-state index contributed by atoms with van der Waals surface area (Å²) in [5, 5.41) is 11.0. The summed E-state index contributed by atoms with van der Waals surface area (Å²) in [7, 11) is -2.64. The van der Waals surface area contributed by atoms with Crippen molar-refractivity contribution in [3.63, 3.8) is 0 Å². The van der Waals surface area contributed by atoms with Crippen LogP contribution >= 0.6 is 7.14 Å². The Morgan fingerprint density at radius 2 is 1.62 bits per heavy atom. The van der Waals surface area contributed by atoms with Gasteiger partial charge in [0.05, 0.1) is 5.31 Å². The van der Waals surface area contributed by atoms with E-state index in [1.807, 2.05) is 67.6 Å². The van der Waals surface area contributed by atoms with Crippen molar-refractivity contribution >= 4 is 12.5 Å². The van der Waals surface area contributed by atoms with Crippen LogP contribution in [0.3, 0.4) is 0 Å². The molecule has 2 aromatic rings. The summed E-state index contributed by atoms with van der Waals surface area (Å²) < 4.78 is 13.6. The van der Waals surface area contributed by atoms with Crippen molar-refractivity contribution in [2.75, 3.05) is 0 Å². The molecular weight excluding hydrogens is 279 g/mol. The van der Waals surface area contributed by atoms with Crippen molar-refractivity contribution in [1.82, 2.24) is 0 Å². The average molecular weight is 298 g/mol. The molecule has 1 aliphatic rings. The van der Waals surface area contributed by atoms with Crippen LogP contribution in [0.25, 0.3) is 5.31 Å². The molecule has 1 aliphatic heterocycles. The largest absolute Gasteiger partial charge is 0.511 e. The highest BCUT2D eigenvalue weighted by molar-refractivity contribution is 7.74. The van der Waals surface area contributed by atoms with Crippen LogP contribution in [0.2, 0.25) is 0 Å². The van der Waals surface area contributed by atoms with Crippen molar-refractivity contribution < 1.29 is 9.67 Å². The van der Waals surface area contributed by atoms with Gasteiger partial charge in [-0.25, -0.2) is 0 Å². The predicted octanol–water partition coefficient (Wildman–Crippen LogP) is 5.27. The smallest absolute Gasteiger partial charge is 0.126 e. The van der Waals surface area contributed by atoms with Crippen molar-refractivity contribution in [2.24, 2.45) is 0 Å². The Morgan fingerprint density at radius 1 is 1.05 bits per heavy atom. The van der Waals surface area contributed by atoms with E-state index in [1.165, 1.54) is 0 Å². The van der Waals surface area contributed by atoms with Crippen LogP contribution in [0.15, 0.2) is 66.4 Å². The molecule has 0 spiro atoms. The van der Waals surface area contributed by atoms with Gasteiger partial charge in [-0.15, -0.1) is 0 Å². The highest BCUT2D eigenvalue weighted by atomic mass is 31.2. The van der Waals surface area contributed by atoms with E-state index in [2.05, 4.69) is 0 Å². The van der Waals surface area contributed by atoms with Crippen LogP contribution in [0.1, 0.15) is 24.5 Å². The van der Waals surface area contributed by atoms with E-state index in [-0.39, 0.29) is 5.66 Å². The summed E-state index contributed by atoms with van der Waals surface area (Å²) in [5.41, 5.74) is 1.95. The van der Waals surface area contributed by atoms with Crippen LogP contribution in [-0.4, -0.2) is 10.8 Å². The van der Waals surface area contributed by atoms with E-state index in [1.54, 1.807) is 0 Å². The lowest BCUT2D eigenvalue weighted by atomic mass is 10.2. The second-order valence-electron chi connectivity index (χ2n) is 5.65. The molecular formula is C18H19O2P. The minimum absolute atomic E-state index is 0.00656. The monoisotopic (exact) mass is 298 g/mol. The molecule has 0 fully saturated rings. The fourth-order valence-electron chi connectivity index (χ4n) is 3.03. The van der Waals surface area contributed by atoms with Gasteiger partial charge in [-0.05, 0) is 11.1 Å². The summed E-state index contributed by atoms with van der Waals surface area (Å²) in [6.45, 7) is 1.98. The summed E-state index contributed by atoms with van der Waals surface area (Å²) in [5.74, 6) is 0.299. The van der Waals surface area contributed by atoms with Gasteiger partial charge >= 0.3 is 0 Å². The minimum Gasteiger partial charge on any atom is -0.511 e. The maximum Gasteiger partial charge on any atom is 0.126 e. The van der Waals surface area contributed by atoms with E-state index in [9.17, 15) is 9.67 Å². The molecule has 2 aromatic carbocycles. The molecule has 0 aromatic heterocycles. The molecule has 0 saturated carbocycles. The quantitative estimate of drug-likeness (QED) is 0.784. The molecule has 0 aliphatic carbocycles. The third-order valence-electron chi connectivity index (χ3n) is 4.16. The minimum atomic E-state index is -2.64. The number of aliphatic hydroxyl groups excluding tert-OH is 1. The van der Waals surface area contributed by atoms with Gasteiger partial charge in [0.25, 0.3) is 0 Å². The predicted molar refractivity (Wildman–Crippen MR) is 87.8 cm³/mol. The van der Waals surface area contributed by atoms with Gasteiger partial charge in [-0.3, -0.25) is 0 Å². The van der Waals surface area contributed by atoms with Crippen molar-refractivity contribution in [1.29, 1.82) is 0 Å². The van der Waals surface area contributed by atoms with E-state index in [4.69, 9.17) is 0 Å². The molecule has 2 nitrogen and oxygen atoms in total. The lowest BCUT2D eigenvalue weighted by molar-refractivity contribution is 0.396. The molecule has 0 radical (unpaired) electrons. The Bertz CT molecular complexity index is 705. The van der Waals surface area contributed by atoms with Gasteiger partial charge in [0, 0.05) is 18.2 Å². The topological polar surface area (TPSA) is 37.3 Å². The van der Waals surface area contributed by atoms with E-state index in [0.717, 1.165) is 11.1 Å². The van der Waals surface area contributed by atoms with Crippen LogP contribution in [0.4, 0.5) is 0 Å². The Hall–Kier alpha value is -1.79. The summed E-state index contributed by atoms with van der Waals surface area (Å²) in [6, 6.07) is 19.5. The molecule has 1 heterocycles. The number of allylic oxidation sites excluding steroid dienone is 1. The second-order valence-corrected chi connectivity index (χ2v) is 8.89. The third kappa shape index (κ3) is 2.56. The highest BCUT2D eigenvalue weighted by Crippen LogP contribution is 2.70. The van der Waals surface area contributed by atoms with Gasteiger partial charge < -0.3 is 9.67 Å². The van der Waals surface area contributed by atoms with Gasteiger partial charge in [0.1, 0.15) is 12.9 Å². The lowest BCUT2D eigenvalue weighted by Crippen LogP contribution is -2.01. The first-order valence-corrected chi connectivity index (χ1v) is 9.18. The first-order chi connectivity index (χ1) is 10.1. The zero-order valence-corrected chi connectivity index (χ0v) is 13.0. The standard InChI is InChI=1S/C18H19O2P/c1-14-12-17(19)18(16-10-6-3-7-11-16)21(14,20)13-15-8-4-2-5-9-15/h2-11,14,19H,12-13H2,1H3/t14-,21-/m1/s1. The van der Waals surface area contributed by atoms with Crippen LogP contribution in [-0.2, 0) is 10.7 Å². The zero-order valence-electron chi connectivity index (χ0n) is 12.1. The molecule has 2 atom stereocenters. The van der Waals surface area contributed by atoms with Crippen LogP contribution in [0.5, 0.6) is 0 Å². The molecule has 108 valence electrons. The lowest BCUT2D eigenvalue weighted by Gasteiger charge is -2.21. The van der Waals surface area contributed by atoms with Gasteiger partial charge in [-0.2, -0.15) is 0 Å². The second kappa shape index (κ2) is 5.54. The van der Waals surface area contributed by atoms with E-state index >= 15 is 0 Å². The Balaban J connectivity index is 2.05. The highest BCUT2D eigenvalue weighted by Gasteiger charge is 2.42. The number of benzene rings is 2. The molecule has 0 saturated heterocycles. The maximum absolute atomic E-state index is 13.6. The van der Waals surface area contributed by atoms with Crippen LogP contribution in [0, 0.1) is 0 Å². The zero-order chi connectivity index (χ0) is 14.9. The summed E-state index contributed by atoms with van der Waals surface area (Å²) in [6.07, 6.45) is 1.03. The molecule has 3 heteroatoms. The molecule has 21 heavy (non-hydrogen) atoms. The Kier molecular flexibility index (Phi) is 3.73. The summed E-state index contributed by atoms with van der Waals surface area (Å²) in [4.78, 5) is 0.